The molecule has 0 aliphatic heterocycles. The maximum Gasteiger partial charge on any atom is 0.416 e. The molecule has 1 aromatic carbocycles. The first kappa shape index (κ1) is 22.9. The van der Waals surface area contributed by atoms with Crippen LogP contribution in [0.4, 0.5) is 24.7 Å². The smallest absolute Gasteiger partial charge is 0.385 e. The molecule has 9 nitrogen and oxygen atoms in total. The number of aliphatic hydroxyl groups is 1. The highest BCUT2D eigenvalue weighted by atomic mass is 35.5. The average Bonchev–Trinajstić information content (AvgIpc) is 3.01. The lowest BCUT2D eigenvalue weighted by Gasteiger charge is -2.15. The van der Waals surface area contributed by atoms with Crippen LogP contribution in [0.25, 0.3) is 5.69 Å². The first-order valence-corrected chi connectivity index (χ1v) is 8.49. The zero-order valence-electron chi connectivity index (χ0n) is 14.5. The number of amides is 1. The largest absolute Gasteiger partial charge is 0.416 e. The van der Waals surface area contributed by atoms with E-state index in [0.29, 0.717) is 16.8 Å². The Morgan fingerprint density at radius 2 is 2.00 bits per heavy atom. The van der Waals surface area contributed by atoms with Gasteiger partial charge in [0.15, 0.2) is 0 Å². The van der Waals surface area contributed by atoms with Crippen LogP contribution in [0.5, 0.6) is 0 Å². The molecule has 2 rings (SSSR count). The fraction of sp³-hybridized carbons (Fsp3) is 0.333. The summed E-state index contributed by atoms with van der Waals surface area (Å²) in [5.74, 6) is -1.56. The Hall–Kier alpha value is -2.41. The predicted molar refractivity (Wildman–Crippen MR) is 96.4 cm³/mol. The lowest BCUT2D eigenvalue weighted by atomic mass is 10.2. The number of anilines is 1. The first-order chi connectivity index (χ1) is 13.5. The third-order valence-electron chi connectivity index (χ3n) is 3.64. The molecule has 1 amide bonds. The Bertz CT molecular complexity index is 912. The number of carbonyl (C=O) groups excluding carboxylic acids is 1. The Balaban J connectivity index is 2.53. The number of rotatable bonds is 7. The summed E-state index contributed by atoms with van der Waals surface area (Å²) in [5, 5.41) is 25.8. The van der Waals surface area contributed by atoms with Crippen molar-refractivity contribution in [2.75, 3.05) is 19.0 Å². The summed E-state index contributed by atoms with van der Waals surface area (Å²) in [4.78, 5) is 22.5. The van der Waals surface area contributed by atoms with Crippen LogP contribution in [0, 0.1) is 10.1 Å². The van der Waals surface area contributed by atoms with Crippen LogP contribution in [-0.2, 0) is 15.7 Å². The van der Waals surface area contributed by atoms with Crippen LogP contribution < -0.4 is 5.32 Å². The van der Waals surface area contributed by atoms with E-state index >= 15 is 0 Å². The van der Waals surface area contributed by atoms with Gasteiger partial charge in [-0.25, -0.2) is 4.68 Å². The third-order valence-corrected chi connectivity index (χ3v) is 4.22. The van der Waals surface area contributed by atoms with Crippen molar-refractivity contribution in [3.8, 4) is 5.69 Å². The highest BCUT2D eigenvalue weighted by Gasteiger charge is 2.33. The number of ether oxygens (including phenoxy) is 1. The van der Waals surface area contributed by atoms with Gasteiger partial charge in [-0.15, -0.1) is 0 Å². The Kier molecular flexibility index (Phi) is 7.06. The molecule has 1 unspecified atom stereocenters. The van der Waals surface area contributed by atoms with Crippen LogP contribution in [-0.4, -0.2) is 45.5 Å². The fourth-order valence-corrected chi connectivity index (χ4v) is 2.90. The van der Waals surface area contributed by atoms with Gasteiger partial charge in [-0.3, -0.25) is 14.9 Å². The fourth-order valence-electron chi connectivity index (χ4n) is 2.25. The van der Waals surface area contributed by atoms with E-state index in [0.717, 1.165) is 6.20 Å². The molecule has 0 bridgehead atoms. The molecule has 14 heteroatoms. The van der Waals surface area contributed by atoms with E-state index in [1.807, 2.05) is 0 Å². The summed E-state index contributed by atoms with van der Waals surface area (Å²) < 4.78 is 44.2. The second-order valence-electron chi connectivity index (χ2n) is 5.62. The predicted octanol–water partition coefficient (Wildman–Crippen LogP) is 3.44. The van der Waals surface area contributed by atoms with Crippen LogP contribution >= 0.6 is 23.2 Å². The van der Waals surface area contributed by atoms with Crippen molar-refractivity contribution < 1.29 is 32.7 Å². The minimum atomic E-state index is -4.73. The van der Waals surface area contributed by atoms with Crippen molar-refractivity contribution in [1.82, 2.24) is 9.78 Å². The number of benzene rings is 1. The van der Waals surface area contributed by atoms with Gasteiger partial charge in [-0.2, -0.15) is 18.3 Å². The average molecular weight is 457 g/mol. The summed E-state index contributed by atoms with van der Waals surface area (Å²) >= 11 is 11.8. The van der Waals surface area contributed by atoms with Gasteiger partial charge in [0.1, 0.15) is 18.0 Å². The lowest BCUT2D eigenvalue weighted by Crippen LogP contribution is -2.30. The number of aromatic nitrogens is 2. The maximum absolute atomic E-state index is 12.9. The molecule has 29 heavy (non-hydrogen) atoms. The number of nitro groups is 1. The molecule has 1 heterocycles. The van der Waals surface area contributed by atoms with Crippen LogP contribution in [0.15, 0.2) is 18.3 Å². The number of hydrogen-bond acceptors (Lipinski definition) is 6. The van der Waals surface area contributed by atoms with E-state index in [9.17, 15) is 33.2 Å². The number of methoxy groups -OCH3 is 1. The van der Waals surface area contributed by atoms with Crippen LogP contribution in [0.3, 0.4) is 0 Å². The Morgan fingerprint density at radius 3 is 2.48 bits per heavy atom. The van der Waals surface area contributed by atoms with Gasteiger partial charge < -0.3 is 15.2 Å². The van der Waals surface area contributed by atoms with Gasteiger partial charge in [-0.1, -0.05) is 23.2 Å². The summed E-state index contributed by atoms with van der Waals surface area (Å²) in [6.07, 6.45) is -5.66. The number of nitrogens with one attached hydrogen (secondary N) is 1. The zero-order chi connectivity index (χ0) is 21.9. The van der Waals surface area contributed by atoms with Gasteiger partial charge in [-0.05, 0) is 12.1 Å². The van der Waals surface area contributed by atoms with Crippen molar-refractivity contribution in [2.24, 2.45) is 0 Å². The molecule has 1 atom stereocenters. The second kappa shape index (κ2) is 8.95. The standard InChI is InChI=1S/C15H13Cl2F3N4O5/c1-29-3-2-11(25)14(26)22-13-10(24(27)28)6-21-23(13)12-8(16)4-7(5-9(12)17)15(18,19)20/h4-6,11,25H,2-3H2,1H3,(H,22,26). The second-order valence-corrected chi connectivity index (χ2v) is 6.43. The third kappa shape index (κ3) is 5.15. The van der Waals surface area contributed by atoms with E-state index < -0.39 is 50.2 Å². The van der Waals surface area contributed by atoms with E-state index in [-0.39, 0.29) is 18.7 Å². The van der Waals surface area contributed by atoms with E-state index in [1.54, 1.807) is 0 Å². The van der Waals surface area contributed by atoms with Crippen molar-refractivity contribution in [1.29, 1.82) is 0 Å². The zero-order valence-corrected chi connectivity index (χ0v) is 16.0. The quantitative estimate of drug-likeness (QED) is 0.486. The number of nitrogens with zero attached hydrogens (tertiary/aromatic N) is 3. The molecular formula is C15H13Cl2F3N4O5. The highest BCUT2D eigenvalue weighted by Crippen LogP contribution is 2.39. The van der Waals surface area contributed by atoms with E-state index in [1.165, 1.54) is 7.11 Å². The lowest BCUT2D eigenvalue weighted by molar-refractivity contribution is -0.384. The van der Waals surface area contributed by atoms with Crippen molar-refractivity contribution in [3.05, 3.63) is 44.1 Å². The van der Waals surface area contributed by atoms with Gasteiger partial charge in [0.25, 0.3) is 5.91 Å². The SMILES string of the molecule is COCCC(O)C(=O)Nc1c([N+](=O)[O-])cnn1-c1c(Cl)cc(C(F)(F)F)cc1Cl. The number of hydrogen-bond donors (Lipinski definition) is 2. The molecule has 0 spiro atoms. The monoisotopic (exact) mass is 456 g/mol. The van der Waals surface area contributed by atoms with Crippen molar-refractivity contribution in [3.63, 3.8) is 0 Å². The van der Waals surface area contributed by atoms with E-state index in [4.69, 9.17) is 27.9 Å². The molecule has 0 fully saturated rings. The molecule has 0 radical (unpaired) electrons. The van der Waals surface area contributed by atoms with Gasteiger partial charge in [0, 0.05) is 20.1 Å². The van der Waals surface area contributed by atoms with Gasteiger partial charge in [0.05, 0.1) is 20.5 Å². The molecule has 2 aromatic rings. The number of alkyl halides is 3. The maximum atomic E-state index is 12.9. The molecule has 0 saturated heterocycles. The molecule has 0 aliphatic rings. The topological polar surface area (TPSA) is 120 Å². The molecule has 0 saturated carbocycles. The Morgan fingerprint density at radius 1 is 1.41 bits per heavy atom. The van der Waals surface area contributed by atoms with Crippen LogP contribution in [0.2, 0.25) is 10.0 Å². The normalized spacial score (nSPS) is 12.7. The van der Waals surface area contributed by atoms with E-state index in [2.05, 4.69) is 10.4 Å². The highest BCUT2D eigenvalue weighted by molar-refractivity contribution is 6.38. The number of carbonyl (C=O) groups is 1. The summed E-state index contributed by atoms with van der Waals surface area (Å²) in [6.45, 7) is 0.0342. The number of halogens is 5. The molecular weight excluding hydrogens is 444 g/mol. The summed E-state index contributed by atoms with van der Waals surface area (Å²) in [7, 11) is 1.35. The first-order valence-electron chi connectivity index (χ1n) is 7.74. The van der Waals surface area contributed by atoms with Gasteiger partial charge in [0.2, 0.25) is 5.82 Å². The summed E-state index contributed by atoms with van der Waals surface area (Å²) in [5.41, 5.74) is -2.15. The molecule has 158 valence electrons. The molecule has 0 aliphatic carbocycles. The van der Waals surface area contributed by atoms with Crippen LogP contribution in [0.1, 0.15) is 12.0 Å². The minimum absolute atomic E-state index is 0.0342. The van der Waals surface area contributed by atoms with Crippen molar-refractivity contribution in [2.45, 2.75) is 18.7 Å². The van der Waals surface area contributed by atoms with Gasteiger partial charge >= 0.3 is 11.9 Å². The molecule has 2 N–H and O–H groups in total. The van der Waals surface area contributed by atoms with Crippen molar-refractivity contribution >= 4 is 40.6 Å². The number of aliphatic hydroxyl groups excluding tert-OH is 1. The molecule has 1 aromatic heterocycles. The minimum Gasteiger partial charge on any atom is -0.385 e. The summed E-state index contributed by atoms with van der Waals surface area (Å²) in [6, 6.07) is 1.13. The Labute approximate surface area is 171 Å².